The number of ether oxygens (including phenoxy) is 1. The summed E-state index contributed by atoms with van der Waals surface area (Å²) in [6.45, 7) is 15.8. The molecule has 1 aliphatic rings. The highest BCUT2D eigenvalue weighted by Crippen LogP contribution is 2.34. The van der Waals surface area contributed by atoms with E-state index in [0.717, 1.165) is 44.9 Å². The van der Waals surface area contributed by atoms with Crippen LogP contribution in [0.1, 0.15) is 67.2 Å². The molecule has 0 saturated carbocycles. The summed E-state index contributed by atoms with van der Waals surface area (Å²) in [7, 11) is 0. The van der Waals surface area contributed by atoms with E-state index in [2.05, 4.69) is 50.6 Å². The fraction of sp³-hybridized carbons (Fsp3) is 0.900. The Morgan fingerprint density at radius 1 is 1.27 bits per heavy atom. The lowest BCUT2D eigenvalue weighted by atomic mass is 9.78. The molecule has 6 heteroatoms. The first-order chi connectivity index (χ1) is 12.3. The van der Waals surface area contributed by atoms with Crippen molar-refractivity contribution in [1.82, 2.24) is 16.0 Å². The van der Waals surface area contributed by atoms with Gasteiger partial charge in [-0.25, -0.2) is 0 Å². The molecule has 1 fully saturated rings. The third-order valence-electron chi connectivity index (χ3n) is 4.79. The van der Waals surface area contributed by atoms with Crippen molar-refractivity contribution in [1.29, 1.82) is 0 Å². The Morgan fingerprint density at radius 3 is 2.62 bits per heavy atom. The zero-order valence-corrected chi connectivity index (χ0v) is 17.7. The molecular formula is C20H40N4O2. The number of nitrogens with one attached hydrogen (secondary N) is 3. The van der Waals surface area contributed by atoms with Crippen LogP contribution in [0.25, 0.3) is 0 Å². The molecule has 0 spiro atoms. The maximum absolute atomic E-state index is 11.9. The van der Waals surface area contributed by atoms with Gasteiger partial charge in [0.1, 0.15) is 0 Å². The number of hydrogen-bond acceptors (Lipinski definition) is 3. The number of carbonyl (C=O) groups excluding carboxylic acids is 1. The molecule has 26 heavy (non-hydrogen) atoms. The van der Waals surface area contributed by atoms with Crippen LogP contribution in [-0.2, 0) is 9.53 Å². The number of guanidine groups is 1. The highest BCUT2D eigenvalue weighted by Gasteiger charge is 2.35. The van der Waals surface area contributed by atoms with Gasteiger partial charge in [0.25, 0.3) is 0 Å². The van der Waals surface area contributed by atoms with Crippen LogP contribution in [0.4, 0.5) is 0 Å². The fourth-order valence-electron chi connectivity index (χ4n) is 3.28. The van der Waals surface area contributed by atoms with Crippen LogP contribution in [0.3, 0.4) is 0 Å². The van der Waals surface area contributed by atoms with Gasteiger partial charge in [-0.3, -0.25) is 9.79 Å². The minimum Gasteiger partial charge on any atom is -0.377 e. The fourth-order valence-corrected chi connectivity index (χ4v) is 3.28. The van der Waals surface area contributed by atoms with Crippen LogP contribution < -0.4 is 16.0 Å². The van der Waals surface area contributed by atoms with Gasteiger partial charge in [-0.05, 0) is 38.5 Å². The topological polar surface area (TPSA) is 74.8 Å². The third-order valence-corrected chi connectivity index (χ3v) is 4.79. The molecule has 0 aromatic heterocycles. The Kier molecular flexibility index (Phi) is 9.99. The molecule has 0 radical (unpaired) electrons. The molecule has 152 valence electrons. The minimum atomic E-state index is 0.0798. The van der Waals surface area contributed by atoms with Crippen molar-refractivity contribution in [2.24, 2.45) is 16.3 Å². The first-order valence-corrected chi connectivity index (χ1v) is 10.2. The predicted octanol–water partition coefficient (Wildman–Crippen LogP) is 2.69. The largest absolute Gasteiger partial charge is 0.377 e. The van der Waals surface area contributed by atoms with Crippen molar-refractivity contribution in [2.45, 2.75) is 79.4 Å². The molecule has 1 aliphatic heterocycles. The Bertz CT molecular complexity index is 446. The van der Waals surface area contributed by atoms with Gasteiger partial charge in [0.15, 0.2) is 5.96 Å². The number of nitrogens with zero attached hydrogens (tertiary/aromatic N) is 1. The maximum atomic E-state index is 11.9. The lowest BCUT2D eigenvalue weighted by Gasteiger charge is -2.39. The van der Waals surface area contributed by atoms with Crippen molar-refractivity contribution in [3.63, 3.8) is 0 Å². The number of aliphatic imine (C=N–C) groups is 1. The predicted molar refractivity (Wildman–Crippen MR) is 108 cm³/mol. The number of rotatable bonds is 8. The lowest BCUT2D eigenvalue weighted by Crippen LogP contribution is -2.43. The highest BCUT2D eigenvalue weighted by molar-refractivity contribution is 5.81. The van der Waals surface area contributed by atoms with E-state index in [0.29, 0.717) is 18.9 Å². The molecule has 1 heterocycles. The molecule has 1 rings (SSSR count). The monoisotopic (exact) mass is 368 g/mol. The van der Waals surface area contributed by atoms with Gasteiger partial charge >= 0.3 is 0 Å². The third kappa shape index (κ3) is 8.39. The number of hydrogen-bond donors (Lipinski definition) is 3. The first kappa shape index (κ1) is 22.7. The summed E-state index contributed by atoms with van der Waals surface area (Å²) < 4.78 is 6.04. The quantitative estimate of drug-likeness (QED) is 0.455. The van der Waals surface area contributed by atoms with Gasteiger partial charge in [0.2, 0.25) is 5.91 Å². The maximum Gasteiger partial charge on any atom is 0.221 e. The minimum absolute atomic E-state index is 0.0798. The Balaban J connectivity index is 2.53. The van der Waals surface area contributed by atoms with Crippen LogP contribution in [0.5, 0.6) is 0 Å². The number of carbonyl (C=O) groups is 1. The summed E-state index contributed by atoms with van der Waals surface area (Å²) in [6.07, 6.45) is 3.89. The summed E-state index contributed by atoms with van der Waals surface area (Å²) in [4.78, 5) is 16.6. The summed E-state index contributed by atoms with van der Waals surface area (Å²) in [5.41, 5.74) is 0.125. The van der Waals surface area contributed by atoms with Crippen molar-refractivity contribution < 1.29 is 9.53 Å². The molecule has 0 aliphatic carbocycles. The van der Waals surface area contributed by atoms with Crippen LogP contribution in [0.2, 0.25) is 0 Å². The summed E-state index contributed by atoms with van der Waals surface area (Å²) in [5, 5.41) is 9.53. The highest BCUT2D eigenvalue weighted by atomic mass is 16.5. The Morgan fingerprint density at radius 2 is 2.00 bits per heavy atom. The van der Waals surface area contributed by atoms with E-state index < -0.39 is 0 Å². The van der Waals surface area contributed by atoms with Gasteiger partial charge in [-0.1, -0.05) is 27.7 Å². The van der Waals surface area contributed by atoms with E-state index in [-0.39, 0.29) is 23.5 Å². The first-order valence-electron chi connectivity index (χ1n) is 10.2. The molecule has 0 aromatic carbocycles. The van der Waals surface area contributed by atoms with E-state index in [9.17, 15) is 4.79 Å². The summed E-state index contributed by atoms with van der Waals surface area (Å²) >= 11 is 0. The molecule has 3 unspecified atom stereocenters. The summed E-state index contributed by atoms with van der Waals surface area (Å²) in [5.74, 6) is 1.30. The molecule has 0 bridgehead atoms. The average Bonchev–Trinajstić information content (AvgIpc) is 2.59. The van der Waals surface area contributed by atoms with Crippen molar-refractivity contribution in [3.8, 4) is 0 Å². The van der Waals surface area contributed by atoms with Crippen molar-refractivity contribution in [3.05, 3.63) is 0 Å². The van der Waals surface area contributed by atoms with Crippen LogP contribution in [0.15, 0.2) is 4.99 Å². The summed E-state index contributed by atoms with van der Waals surface area (Å²) in [6, 6.07) is 0.227. The average molecular weight is 369 g/mol. The molecule has 6 nitrogen and oxygen atoms in total. The normalized spacial score (nSPS) is 22.6. The smallest absolute Gasteiger partial charge is 0.221 e. The zero-order chi connectivity index (χ0) is 19.6. The second kappa shape index (κ2) is 11.4. The molecule has 1 amide bonds. The standard InChI is InChI=1S/C20H40N4O2/c1-7-15(3)24-17(25)11-12-22-19(21-8-2)23-14-16-10-9-13-26-18(16)20(4,5)6/h15-16,18H,7-14H2,1-6H3,(H,24,25)(H2,21,22,23). The van der Waals surface area contributed by atoms with Crippen LogP contribution in [0, 0.1) is 11.3 Å². The molecule has 3 N–H and O–H groups in total. The Labute approximate surface area is 159 Å². The SMILES string of the molecule is CCNC(=NCC1CCCOC1C(C)(C)C)NCCC(=O)NC(C)CC. The molecule has 0 aromatic rings. The van der Waals surface area contributed by atoms with Gasteiger partial charge < -0.3 is 20.7 Å². The van der Waals surface area contributed by atoms with Crippen LogP contribution in [-0.4, -0.2) is 50.3 Å². The lowest BCUT2D eigenvalue weighted by molar-refractivity contribution is -0.121. The molecule has 1 saturated heterocycles. The van der Waals surface area contributed by atoms with E-state index in [1.807, 2.05) is 6.92 Å². The van der Waals surface area contributed by atoms with Crippen molar-refractivity contribution in [2.75, 3.05) is 26.2 Å². The van der Waals surface area contributed by atoms with E-state index in [4.69, 9.17) is 9.73 Å². The second-order valence-electron chi connectivity index (χ2n) is 8.33. The van der Waals surface area contributed by atoms with E-state index in [1.54, 1.807) is 0 Å². The number of amides is 1. The molecular weight excluding hydrogens is 328 g/mol. The van der Waals surface area contributed by atoms with Crippen LogP contribution >= 0.6 is 0 Å². The molecule has 3 atom stereocenters. The van der Waals surface area contributed by atoms with Gasteiger partial charge in [-0.15, -0.1) is 0 Å². The zero-order valence-electron chi connectivity index (χ0n) is 17.7. The van der Waals surface area contributed by atoms with Gasteiger partial charge in [0.05, 0.1) is 6.10 Å². The Hall–Kier alpha value is -1.30. The van der Waals surface area contributed by atoms with E-state index in [1.165, 1.54) is 0 Å². The van der Waals surface area contributed by atoms with E-state index >= 15 is 0 Å². The van der Waals surface area contributed by atoms with Gasteiger partial charge in [-0.2, -0.15) is 0 Å². The second-order valence-corrected chi connectivity index (χ2v) is 8.33. The van der Waals surface area contributed by atoms with Gasteiger partial charge in [0, 0.05) is 44.6 Å². The van der Waals surface area contributed by atoms with Crippen molar-refractivity contribution >= 4 is 11.9 Å².